The summed E-state index contributed by atoms with van der Waals surface area (Å²) in [5, 5.41) is 3.27. The molecule has 1 N–H and O–H groups in total. The van der Waals surface area contributed by atoms with Gasteiger partial charge >= 0.3 is 0 Å². The van der Waals surface area contributed by atoms with Crippen molar-refractivity contribution in [3.05, 3.63) is 82.9 Å². The summed E-state index contributed by atoms with van der Waals surface area (Å²) in [4.78, 5) is 35.3. The minimum atomic E-state index is -0.327. The predicted octanol–water partition coefficient (Wildman–Crippen LogP) is 5.56. The third kappa shape index (κ3) is 7.15. The fourth-order valence-electron chi connectivity index (χ4n) is 5.27. The zero-order chi connectivity index (χ0) is 30.5. The Hall–Kier alpha value is -3.99. The fraction of sp³-hybridized carbons (Fsp3) is 0.364. The van der Waals surface area contributed by atoms with Crippen LogP contribution < -0.4 is 14.8 Å². The molecule has 10 heteroatoms. The number of hydrogen-bond acceptors (Lipinski definition) is 8. The normalized spacial score (nSPS) is 20.1. The lowest BCUT2D eigenvalue weighted by molar-refractivity contribution is 0.00921. The highest BCUT2D eigenvalue weighted by Crippen LogP contribution is 2.28. The Kier molecular flexibility index (Phi) is 9.59. The van der Waals surface area contributed by atoms with Crippen molar-refractivity contribution >= 4 is 39.1 Å². The first-order valence-corrected chi connectivity index (χ1v) is 15.2. The van der Waals surface area contributed by atoms with E-state index in [0.29, 0.717) is 35.2 Å². The zero-order valence-corrected chi connectivity index (χ0v) is 26.0. The minimum absolute atomic E-state index is 0.0422. The maximum absolute atomic E-state index is 13.7. The molecular formula is C33H38N4O5S. The van der Waals surface area contributed by atoms with Gasteiger partial charge in [-0.15, -0.1) is 11.3 Å². The number of methoxy groups -OCH3 is 2. The molecular weight excluding hydrogens is 564 g/mol. The summed E-state index contributed by atoms with van der Waals surface area (Å²) in [6.45, 7) is 6.56. The van der Waals surface area contributed by atoms with E-state index in [2.05, 4.69) is 41.2 Å². The number of para-hydroxylation sites is 1. The molecule has 1 aliphatic rings. The number of nitrogens with one attached hydrogen (secondary N) is 1. The second-order valence-electron chi connectivity index (χ2n) is 11.0. The highest BCUT2D eigenvalue weighted by Gasteiger charge is 2.29. The van der Waals surface area contributed by atoms with Crippen molar-refractivity contribution in [2.45, 2.75) is 32.5 Å². The summed E-state index contributed by atoms with van der Waals surface area (Å²) in [7, 11) is 5.12. The van der Waals surface area contributed by atoms with E-state index < -0.39 is 0 Å². The van der Waals surface area contributed by atoms with Crippen molar-refractivity contribution in [2.75, 3.05) is 46.3 Å². The van der Waals surface area contributed by atoms with Gasteiger partial charge in [-0.3, -0.25) is 14.5 Å². The highest BCUT2D eigenvalue weighted by atomic mass is 32.1. The third-order valence-corrected chi connectivity index (χ3v) is 8.90. The Bertz CT molecular complexity index is 1540. The summed E-state index contributed by atoms with van der Waals surface area (Å²) in [6.07, 6.45) is -0.176. The largest absolute Gasteiger partial charge is 0.497 e. The molecule has 3 aromatic carbocycles. The number of benzene rings is 3. The molecule has 0 fully saturated rings. The average Bonchev–Trinajstić information content (AvgIpc) is 3.46. The second-order valence-corrected chi connectivity index (χ2v) is 12.1. The summed E-state index contributed by atoms with van der Waals surface area (Å²) in [5.41, 5.74) is 2.81. The lowest BCUT2D eigenvalue weighted by atomic mass is 10.0. The lowest BCUT2D eigenvalue weighted by Gasteiger charge is -2.36. The maximum Gasteiger partial charge on any atom is 0.284 e. The molecule has 0 saturated heterocycles. The highest BCUT2D eigenvalue weighted by molar-refractivity contribution is 7.20. The van der Waals surface area contributed by atoms with E-state index in [1.807, 2.05) is 36.4 Å². The Morgan fingerprint density at radius 1 is 1.07 bits per heavy atom. The number of rotatable bonds is 6. The minimum Gasteiger partial charge on any atom is -0.497 e. The summed E-state index contributed by atoms with van der Waals surface area (Å²) < 4.78 is 18.5. The van der Waals surface area contributed by atoms with E-state index in [4.69, 9.17) is 14.2 Å². The summed E-state index contributed by atoms with van der Waals surface area (Å²) in [5.74, 6) is 0.894. The number of aromatic nitrogens is 1. The molecule has 0 saturated carbocycles. The van der Waals surface area contributed by atoms with Gasteiger partial charge in [0.25, 0.3) is 11.8 Å². The molecule has 1 aliphatic heterocycles. The van der Waals surface area contributed by atoms with Gasteiger partial charge in [-0.05, 0) is 60.9 Å². The Morgan fingerprint density at radius 3 is 2.56 bits per heavy atom. The molecule has 4 aromatic rings. The number of carbonyl (C=O) groups is 2. The Morgan fingerprint density at radius 2 is 1.84 bits per heavy atom. The van der Waals surface area contributed by atoms with E-state index in [1.165, 1.54) is 16.9 Å². The first-order valence-electron chi connectivity index (χ1n) is 14.3. The van der Waals surface area contributed by atoms with Crippen molar-refractivity contribution < 1.29 is 23.8 Å². The number of ether oxygens (including phenoxy) is 3. The summed E-state index contributed by atoms with van der Waals surface area (Å²) in [6, 6.07) is 20.9. The first-order chi connectivity index (χ1) is 20.7. The number of amides is 2. The van der Waals surface area contributed by atoms with Crippen molar-refractivity contribution in [2.24, 2.45) is 5.92 Å². The predicted molar refractivity (Wildman–Crippen MR) is 169 cm³/mol. The molecule has 43 heavy (non-hydrogen) atoms. The van der Waals surface area contributed by atoms with Crippen LogP contribution in [0.3, 0.4) is 0 Å². The number of nitrogens with zero attached hydrogens (tertiary/aromatic N) is 3. The molecule has 0 unspecified atom stereocenters. The van der Waals surface area contributed by atoms with Crippen LogP contribution in [0.1, 0.15) is 39.6 Å². The van der Waals surface area contributed by atoms with Crippen molar-refractivity contribution in [1.29, 1.82) is 0 Å². The number of fused-ring (bicyclic) bond motifs is 2. The van der Waals surface area contributed by atoms with Crippen molar-refractivity contribution in [3.8, 4) is 11.5 Å². The molecule has 9 nitrogen and oxygen atoms in total. The quantitative estimate of drug-likeness (QED) is 0.309. The number of anilines is 1. The molecule has 0 radical (unpaired) electrons. The van der Waals surface area contributed by atoms with Crippen molar-refractivity contribution in [1.82, 2.24) is 14.8 Å². The number of hydrogen-bond donors (Lipinski definition) is 1. The molecule has 226 valence electrons. The van der Waals surface area contributed by atoms with Gasteiger partial charge in [-0.1, -0.05) is 31.2 Å². The van der Waals surface area contributed by atoms with Gasteiger partial charge in [0.15, 0.2) is 5.01 Å². The van der Waals surface area contributed by atoms with Gasteiger partial charge in [0.1, 0.15) is 18.1 Å². The molecule has 3 atom stereocenters. The second kappa shape index (κ2) is 13.5. The van der Waals surface area contributed by atoms with E-state index in [0.717, 1.165) is 29.1 Å². The maximum atomic E-state index is 13.7. The lowest BCUT2D eigenvalue weighted by Crippen LogP contribution is -2.46. The average molecular weight is 603 g/mol. The van der Waals surface area contributed by atoms with Gasteiger partial charge in [0.2, 0.25) is 0 Å². The topological polar surface area (TPSA) is 93.2 Å². The van der Waals surface area contributed by atoms with Crippen LogP contribution in [0.15, 0.2) is 66.7 Å². The van der Waals surface area contributed by atoms with Gasteiger partial charge < -0.3 is 24.4 Å². The Balaban J connectivity index is 1.40. The van der Waals surface area contributed by atoms with Gasteiger partial charge in [-0.2, -0.15) is 0 Å². The van der Waals surface area contributed by atoms with Gasteiger partial charge in [0.05, 0.1) is 29.0 Å². The monoisotopic (exact) mass is 602 g/mol. The van der Waals surface area contributed by atoms with Crippen LogP contribution in [0, 0.1) is 5.92 Å². The molecule has 5 rings (SSSR count). The number of thiazole rings is 1. The van der Waals surface area contributed by atoms with Crippen LogP contribution in [0.5, 0.6) is 11.5 Å². The molecule has 0 bridgehead atoms. The van der Waals surface area contributed by atoms with Crippen LogP contribution in [-0.2, 0) is 11.3 Å². The van der Waals surface area contributed by atoms with E-state index in [1.54, 1.807) is 44.4 Å². The van der Waals surface area contributed by atoms with E-state index in [-0.39, 0.29) is 29.9 Å². The van der Waals surface area contributed by atoms with E-state index in [9.17, 15) is 9.59 Å². The smallest absolute Gasteiger partial charge is 0.284 e. The van der Waals surface area contributed by atoms with Crippen LogP contribution in [0.25, 0.3) is 10.2 Å². The zero-order valence-electron chi connectivity index (χ0n) is 25.2. The molecule has 1 aromatic heterocycles. The SMILES string of the molecule is COc1ccc(CN2C[C@H](C)[C@@H](OC)CN(C)C(=O)c3cc(NC(=O)c4nc5ccccc5s4)ccc3OC[C@@H]2C)cc1. The third-order valence-electron chi connectivity index (χ3n) is 7.86. The van der Waals surface area contributed by atoms with Crippen LogP contribution in [0.2, 0.25) is 0 Å². The van der Waals surface area contributed by atoms with Crippen molar-refractivity contribution in [3.63, 3.8) is 0 Å². The molecule has 0 spiro atoms. The number of carbonyl (C=O) groups excluding carboxylic acids is 2. The van der Waals surface area contributed by atoms with Gasteiger partial charge in [-0.25, -0.2) is 4.98 Å². The molecule has 2 amide bonds. The Labute approximate surface area is 256 Å². The van der Waals surface area contributed by atoms with Crippen LogP contribution in [0.4, 0.5) is 5.69 Å². The standard InChI is InChI=1S/C33H38N4O5S/c1-21-17-37(18-23-10-13-25(40-4)14-11-23)22(2)20-42-28-15-12-24(16-26(28)33(39)36(3)19-29(21)41-5)34-31(38)32-35-27-8-6-7-9-30(27)43-32/h6-16,21-22,29H,17-20H2,1-5H3,(H,34,38)/t21-,22-,29-/m0/s1. The molecule has 2 heterocycles. The molecule has 0 aliphatic carbocycles. The fourth-order valence-corrected chi connectivity index (χ4v) is 6.13. The first kappa shape index (κ1) is 30.5. The summed E-state index contributed by atoms with van der Waals surface area (Å²) >= 11 is 1.33. The van der Waals surface area contributed by atoms with E-state index >= 15 is 0 Å². The van der Waals surface area contributed by atoms with Crippen LogP contribution in [-0.4, -0.2) is 79.7 Å². The number of likely N-dealkylation sites (N-methyl/N-ethyl adjacent to an activating group) is 1. The van der Waals surface area contributed by atoms with Crippen LogP contribution >= 0.6 is 11.3 Å². The van der Waals surface area contributed by atoms with Gasteiger partial charge in [0, 0.05) is 45.5 Å².